The number of aromatic nitrogens is 1. The molecule has 0 atom stereocenters. The summed E-state index contributed by atoms with van der Waals surface area (Å²) in [5.74, 6) is -0.482. The number of piperidine rings is 1. The van der Waals surface area contributed by atoms with Crippen LogP contribution in [0.4, 0.5) is 10.1 Å². The predicted molar refractivity (Wildman–Crippen MR) is 131 cm³/mol. The molecule has 0 bridgehead atoms. The highest BCUT2D eigenvalue weighted by Crippen LogP contribution is 2.29. The van der Waals surface area contributed by atoms with Gasteiger partial charge in [-0.25, -0.2) is 12.8 Å². The van der Waals surface area contributed by atoms with E-state index < -0.39 is 21.1 Å². The van der Waals surface area contributed by atoms with Crippen molar-refractivity contribution in [1.82, 2.24) is 4.57 Å². The van der Waals surface area contributed by atoms with Gasteiger partial charge in [-0.05, 0) is 74.9 Å². The Morgan fingerprint density at radius 1 is 0.970 bits per heavy atom. The zero-order valence-corrected chi connectivity index (χ0v) is 20.3. The van der Waals surface area contributed by atoms with Gasteiger partial charge >= 0.3 is 0 Å². The van der Waals surface area contributed by atoms with Crippen LogP contribution < -0.4 is 10.3 Å². The third kappa shape index (κ3) is 4.56. The molecule has 1 aromatic heterocycles. The maximum atomic E-state index is 15.2. The summed E-state index contributed by atoms with van der Waals surface area (Å²) in [7, 11) is -4.06. The number of anilines is 1. The lowest BCUT2D eigenvalue weighted by Gasteiger charge is -2.29. The van der Waals surface area contributed by atoms with Crippen molar-refractivity contribution in [2.45, 2.75) is 69.2 Å². The van der Waals surface area contributed by atoms with E-state index in [2.05, 4.69) is 6.92 Å². The summed E-state index contributed by atoms with van der Waals surface area (Å²) in [5, 5.41) is 0.106. The van der Waals surface area contributed by atoms with Gasteiger partial charge in [0.2, 0.25) is 15.3 Å². The molecule has 0 amide bonds. The highest BCUT2D eigenvalue weighted by atomic mass is 32.2. The first-order valence-corrected chi connectivity index (χ1v) is 13.2. The fraction of sp³-hybridized carbons (Fsp3) is 0.423. The Morgan fingerprint density at radius 3 is 2.27 bits per heavy atom. The van der Waals surface area contributed by atoms with Crippen molar-refractivity contribution in [3.05, 3.63) is 63.7 Å². The molecule has 4 rings (SSSR count). The normalized spacial score (nSPS) is 14.7. The molecule has 1 fully saturated rings. The molecule has 2 heterocycles. The van der Waals surface area contributed by atoms with Crippen LogP contribution in [0.5, 0.6) is 0 Å². The van der Waals surface area contributed by atoms with Crippen LogP contribution >= 0.6 is 0 Å². The third-order valence-electron chi connectivity index (χ3n) is 6.36. The number of aryl methyl sites for hydroxylation is 3. The van der Waals surface area contributed by atoms with Crippen LogP contribution in [0.25, 0.3) is 10.9 Å². The first-order valence-electron chi connectivity index (χ1n) is 11.7. The van der Waals surface area contributed by atoms with E-state index in [1.54, 1.807) is 18.2 Å². The molecule has 1 aliphatic heterocycles. The molecule has 5 nitrogen and oxygen atoms in total. The molecule has 2 aromatic carbocycles. The van der Waals surface area contributed by atoms with E-state index in [9.17, 15) is 13.2 Å². The van der Waals surface area contributed by atoms with E-state index in [0.29, 0.717) is 17.7 Å². The number of sulfone groups is 1. The summed E-state index contributed by atoms with van der Waals surface area (Å²) in [6, 6.07) is 7.98. The molecule has 3 aromatic rings. The minimum Gasteiger partial charge on any atom is -0.369 e. The Kier molecular flexibility index (Phi) is 6.61. The quantitative estimate of drug-likeness (QED) is 0.485. The van der Waals surface area contributed by atoms with E-state index in [1.807, 2.05) is 29.4 Å². The number of fused-ring (bicyclic) bond motifs is 1. The molecular weight excluding hydrogens is 439 g/mol. The average molecular weight is 471 g/mol. The Bertz CT molecular complexity index is 1340. The molecule has 1 saturated heterocycles. The fourth-order valence-corrected chi connectivity index (χ4v) is 6.23. The van der Waals surface area contributed by atoms with Crippen molar-refractivity contribution >= 4 is 26.4 Å². The van der Waals surface area contributed by atoms with Gasteiger partial charge in [-0.15, -0.1) is 0 Å². The lowest BCUT2D eigenvalue weighted by molar-refractivity contribution is 0.557. The molecule has 0 spiro atoms. The van der Waals surface area contributed by atoms with Gasteiger partial charge in [-0.1, -0.05) is 19.4 Å². The van der Waals surface area contributed by atoms with Gasteiger partial charge < -0.3 is 9.47 Å². The molecule has 1 aliphatic rings. The van der Waals surface area contributed by atoms with E-state index in [-0.39, 0.29) is 15.2 Å². The first-order chi connectivity index (χ1) is 15.7. The minimum atomic E-state index is -4.06. The lowest BCUT2D eigenvalue weighted by atomic mass is 10.1. The molecular formula is C26H31FN2O3S. The van der Waals surface area contributed by atoms with Crippen LogP contribution in [0.1, 0.15) is 50.2 Å². The number of benzene rings is 2. The van der Waals surface area contributed by atoms with Crippen molar-refractivity contribution < 1.29 is 12.8 Å². The van der Waals surface area contributed by atoms with Gasteiger partial charge in [0, 0.05) is 25.8 Å². The molecule has 7 heteroatoms. The van der Waals surface area contributed by atoms with Gasteiger partial charge in [-0.2, -0.15) is 0 Å². The Morgan fingerprint density at radius 2 is 1.64 bits per heavy atom. The summed E-state index contributed by atoms with van der Waals surface area (Å²) in [4.78, 5) is 15.2. The second-order valence-electron chi connectivity index (χ2n) is 9.06. The Labute approximate surface area is 194 Å². The zero-order chi connectivity index (χ0) is 23.8. The van der Waals surface area contributed by atoms with Gasteiger partial charge in [0.25, 0.3) is 0 Å². The average Bonchev–Trinajstić information content (AvgIpc) is 2.78. The highest BCUT2D eigenvalue weighted by molar-refractivity contribution is 7.91. The summed E-state index contributed by atoms with van der Waals surface area (Å²) in [6.45, 7) is 7.80. The van der Waals surface area contributed by atoms with Gasteiger partial charge in [0.05, 0.1) is 21.5 Å². The van der Waals surface area contributed by atoms with Crippen molar-refractivity contribution in [2.24, 2.45) is 0 Å². The number of hydrogen-bond acceptors (Lipinski definition) is 4. The molecule has 0 unspecified atom stereocenters. The van der Waals surface area contributed by atoms with Crippen LogP contribution in [0.3, 0.4) is 0 Å². The summed E-state index contributed by atoms with van der Waals surface area (Å²) < 4.78 is 44.0. The highest BCUT2D eigenvalue weighted by Gasteiger charge is 2.26. The van der Waals surface area contributed by atoms with Gasteiger partial charge in [0.15, 0.2) is 0 Å². The molecule has 0 aliphatic carbocycles. The number of halogens is 1. The van der Waals surface area contributed by atoms with Crippen LogP contribution in [-0.4, -0.2) is 26.1 Å². The standard InChI is InChI=1S/C26H31FN2O3S/c1-4-5-9-29-17-25(33(31,32)20-13-18(2)12-19(3)14-20)26(30)21-15-22(27)24(16-23(21)29)28-10-7-6-8-11-28/h12-17H,4-11H2,1-3H3. The minimum absolute atomic E-state index is 0.0869. The zero-order valence-electron chi connectivity index (χ0n) is 19.5. The van der Waals surface area contributed by atoms with Gasteiger partial charge in [0.1, 0.15) is 10.7 Å². The van der Waals surface area contributed by atoms with Crippen LogP contribution in [0.2, 0.25) is 0 Å². The van der Waals surface area contributed by atoms with E-state index in [1.165, 1.54) is 12.3 Å². The summed E-state index contributed by atoms with van der Waals surface area (Å²) in [6.07, 6.45) is 6.32. The third-order valence-corrected chi connectivity index (χ3v) is 8.09. The maximum Gasteiger partial charge on any atom is 0.211 e. The molecule has 0 radical (unpaired) electrons. The second-order valence-corrected chi connectivity index (χ2v) is 11.0. The van der Waals surface area contributed by atoms with Crippen molar-refractivity contribution in [3.8, 4) is 0 Å². The van der Waals surface area contributed by atoms with E-state index in [0.717, 1.165) is 56.3 Å². The van der Waals surface area contributed by atoms with E-state index in [4.69, 9.17) is 0 Å². The smallest absolute Gasteiger partial charge is 0.211 e. The molecule has 176 valence electrons. The van der Waals surface area contributed by atoms with Crippen LogP contribution in [-0.2, 0) is 16.4 Å². The largest absolute Gasteiger partial charge is 0.369 e. The topological polar surface area (TPSA) is 59.4 Å². The Hall–Kier alpha value is -2.67. The molecule has 0 N–H and O–H groups in total. The van der Waals surface area contributed by atoms with E-state index >= 15 is 4.39 Å². The molecule has 0 saturated carbocycles. The van der Waals surface area contributed by atoms with Gasteiger partial charge in [-0.3, -0.25) is 4.79 Å². The van der Waals surface area contributed by atoms with Crippen molar-refractivity contribution in [1.29, 1.82) is 0 Å². The van der Waals surface area contributed by atoms with Crippen molar-refractivity contribution in [3.63, 3.8) is 0 Å². The van der Waals surface area contributed by atoms with Crippen LogP contribution in [0.15, 0.2) is 51.1 Å². The first kappa shape index (κ1) is 23.5. The maximum absolute atomic E-state index is 15.2. The monoisotopic (exact) mass is 470 g/mol. The number of pyridine rings is 1. The number of nitrogens with zero attached hydrogens (tertiary/aromatic N) is 2. The number of hydrogen-bond donors (Lipinski definition) is 0. The SMILES string of the molecule is CCCCn1cc(S(=O)(=O)c2cc(C)cc(C)c2)c(=O)c2cc(F)c(N3CCCCC3)cc21. The van der Waals surface area contributed by atoms with Crippen molar-refractivity contribution in [2.75, 3.05) is 18.0 Å². The molecule has 33 heavy (non-hydrogen) atoms. The van der Waals surface area contributed by atoms with Crippen LogP contribution in [0, 0.1) is 19.7 Å². The number of rotatable bonds is 6. The fourth-order valence-electron chi connectivity index (χ4n) is 4.67. The summed E-state index contributed by atoms with van der Waals surface area (Å²) in [5.41, 5.74) is 2.02. The predicted octanol–water partition coefficient (Wildman–Crippen LogP) is 5.38. The lowest BCUT2D eigenvalue weighted by Crippen LogP contribution is -2.30. The number of unbranched alkanes of at least 4 members (excludes halogenated alkanes) is 1. The second kappa shape index (κ2) is 9.29. The summed E-state index contributed by atoms with van der Waals surface area (Å²) >= 11 is 0. The Balaban J connectivity index is 1.95.